The average Bonchev–Trinajstić information content (AvgIpc) is 3.08. The van der Waals surface area contributed by atoms with Gasteiger partial charge in [-0.25, -0.2) is 8.61 Å². The van der Waals surface area contributed by atoms with Gasteiger partial charge in [0, 0.05) is 26.4 Å². The minimum Gasteiger partial charge on any atom is -0.493 e. The summed E-state index contributed by atoms with van der Waals surface area (Å²) < 4.78 is 34.9. The van der Waals surface area contributed by atoms with Crippen LogP contribution in [0.4, 0.5) is 5.69 Å². The first kappa shape index (κ1) is 25.5. The number of ether oxygens (including phenoxy) is 1. The zero-order valence-electron chi connectivity index (χ0n) is 20.5. The molecule has 36 heavy (non-hydrogen) atoms. The zero-order chi connectivity index (χ0) is 25.9. The van der Waals surface area contributed by atoms with Crippen molar-refractivity contribution in [3.63, 3.8) is 0 Å². The number of benzene rings is 2. The summed E-state index contributed by atoms with van der Waals surface area (Å²) in [5.74, 6) is -0.470. The molecule has 188 valence electrons. The van der Waals surface area contributed by atoms with Crippen LogP contribution in [0.3, 0.4) is 0 Å². The molecule has 1 N–H and O–H groups in total. The molecule has 1 aliphatic heterocycles. The van der Waals surface area contributed by atoms with Gasteiger partial charge in [0.05, 0.1) is 6.20 Å². The normalized spacial score (nSPS) is 15.0. The van der Waals surface area contributed by atoms with Crippen LogP contribution in [0.5, 0.6) is 5.75 Å². The number of pyridine rings is 1. The van der Waals surface area contributed by atoms with Crippen LogP contribution in [0.2, 0.25) is 25.7 Å². The van der Waals surface area contributed by atoms with E-state index in [0.29, 0.717) is 11.6 Å². The van der Waals surface area contributed by atoms with Gasteiger partial charge < -0.3 is 9.84 Å². The van der Waals surface area contributed by atoms with Gasteiger partial charge >= 0.3 is 10.2 Å². The van der Waals surface area contributed by atoms with E-state index in [1.807, 2.05) is 30.3 Å². The molecule has 4 rings (SSSR count). The number of aliphatic hydroxyl groups excluding tert-OH is 1. The number of ketones is 1. The second-order valence-electron chi connectivity index (χ2n) is 9.67. The Morgan fingerprint density at radius 2 is 1.75 bits per heavy atom. The molecule has 0 fully saturated rings. The number of aliphatic hydroxyl groups is 1. The molecule has 0 aliphatic carbocycles. The fourth-order valence-electron chi connectivity index (χ4n) is 3.65. The molecule has 8 nitrogen and oxygen atoms in total. The number of nitrogens with zero attached hydrogens (tertiary/aromatic N) is 3. The third kappa shape index (κ3) is 5.60. The van der Waals surface area contributed by atoms with Crippen LogP contribution in [0.25, 0.3) is 0 Å². The van der Waals surface area contributed by atoms with Crippen molar-refractivity contribution in [2.24, 2.45) is 0 Å². The van der Waals surface area contributed by atoms with Crippen molar-refractivity contribution in [1.29, 1.82) is 0 Å². The molecule has 1 aliphatic rings. The number of hydrogen-bond acceptors (Lipinski definition) is 6. The second-order valence-corrected chi connectivity index (χ2v) is 17.0. The number of anilines is 1. The van der Waals surface area contributed by atoms with Crippen molar-refractivity contribution in [3.05, 3.63) is 102 Å². The van der Waals surface area contributed by atoms with E-state index >= 15 is 0 Å². The van der Waals surface area contributed by atoms with Gasteiger partial charge in [0.2, 0.25) is 11.7 Å². The Balaban J connectivity index is 1.70. The smallest absolute Gasteiger partial charge is 0.332 e. The Morgan fingerprint density at radius 3 is 2.42 bits per heavy atom. The van der Waals surface area contributed by atoms with Gasteiger partial charge in [0.25, 0.3) is 0 Å². The van der Waals surface area contributed by atoms with Crippen LogP contribution in [0.1, 0.15) is 21.6 Å². The monoisotopic (exact) mass is 523 g/mol. The van der Waals surface area contributed by atoms with Crippen LogP contribution in [0, 0.1) is 0 Å². The van der Waals surface area contributed by atoms with E-state index in [4.69, 9.17) is 4.74 Å². The van der Waals surface area contributed by atoms with Crippen molar-refractivity contribution in [2.75, 3.05) is 10.8 Å². The first-order valence-electron chi connectivity index (χ1n) is 11.6. The standard InChI is InChI=1S/C26H29N3O5SSi/c1-36(2,3)16-15-28-25(30)18-29(35(28,32)33)23-13-12-21(26(31)22-11-7-8-14-27-22)17-24(23)34-19-20-9-5-4-6-10-20/h4-14,17-18,30H,15-16,19H2,1-3H3. The van der Waals surface area contributed by atoms with Crippen molar-refractivity contribution in [2.45, 2.75) is 32.3 Å². The summed E-state index contributed by atoms with van der Waals surface area (Å²) in [4.78, 5) is 17.1. The molecule has 2 aromatic carbocycles. The lowest BCUT2D eigenvalue weighted by Gasteiger charge is -2.25. The van der Waals surface area contributed by atoms with E-state index < -0.39 is 18.3 Å². The van der Waals surface area contributed by atoms with Gasteiger partial charge in [-0.15, -0.1) is 0 Å². The molecular weight excluding hydrogens is 494 g/mol. The van der Waals surface area contributed by atoms with Crippen LogP contribution in [0.15, 0.2) is 85.0 Å². The third-order valence-corrected chi connectivity index (χ3v) is 9.12. The van der Waals surface area contributed by atoms with Crippen LogP contribution in [-0.2, 0) is 16.8 Å². The Morgan fingerprint density at radius 1 is 1.03 bits per heavy atom. The number of aromatic nitrogens is 1. The molecule has 0 atom stereocenters. The van der Waals surface area contributed by atoms with E-state index in [9.17, 15) is 18.3 Å². The molecule has 0 bridgehead atoms. The zero-order valence-corrected chi connectivity index (χ0v) is 22.3. The van der Waals surface area contributed by atoms with Gasteiger partial charge in [0.1, 0.15) is 23.7 Å². The highest BCUT2D eigenvalue weighted by Crippen LogP contribution is 2.38. The summed E-state index contributed by atoms with van der Waals surface area (Å²) in [6.45, 7) is 6.77. The van der Waals surface area contributed by atoms with Crippen LogP contribution < -0.4 is 9.04 Å². The van der Waals surface area contributed by atoms with Crippen molar-refractivity contribution < 1.29 is 23.1 Å². The Kier molecular flexibility index (Phi) is 7.18. The summed E-state index contributed by atoms with van der Waals surface area (Å²) in [6.07, 6.45) is 2.71. The maximum atomic E-state index is 13.4. The highest BCUT2D eigenvalue weighted by atomic mass is 32.2. The summed E-state index contributed by atoms with van der Waals surface area (Å²) >= 11 is 0. The molecule has 0 amide bonds. The van der Waals surface area contributed by atoms with E-state index in [1.165, 1.54) is 30.6 Å². The predicted octanol–water partition coefficient (Wildman–Crippen LogP) is 4.95. The van der Waals surface area contributed by atoms with Gasteiger partial charge in [-0.2, -0.15) is 8.42 Å². The van der Waals surface area contributed by atoms with Crippen LogP contribution in [-0.4, -0.2) is 43.2 Å². The molecule has 2 heterocycles. The average molecular weight is 524 g/mol. The minimum absolute atomic E-state index is 0.165. The molecule has 0 saturated heterocycles. The van der Waals surface area contributed by atoms with E-state index in [-0.39, 0.29) is 41.9 Å². The SMILES string of the molecule is C[Si](C)(C)CCN1C(O)=CN(c2ccc(C(=O)c3ccccn3)cc2OCc2ccccc2)S1(=O)=O. The summed E-state index contributed by atoms with van der Waals surface area (Å²) in [5, 5.41) is 10.5. The van der Waals surface area contributed by atoms with Crippen molar-refractivity contribution in [3.8, 4) is 5.75 Å². The Labute approximate surface area is 212 Å². The quantitative estimate of drug-likeness (QED) is 0.315. The first-order chi connectivity index (χ1) is 17.1. The molecule has 1 aromatic heterocycles. The second kappa shape index (κ2) is 10.2. The van der Waals surface area contributed by atoms with E-state index in [1.54, 1.807) is 18.2 Å². The lowest BCUT2D eigenvalue weighted by Crippen LogP contribution is -2.37. The van der Waals surface area contributed by atoms with Crippen LogP contribution >= 0.6 is 0 Å². The van der Waals surface area contributed by atoms with Gasteiger partial charge in [0.15, 0.2) is 0 Å². The van der Waals surface area contributed by atoms with Gasteiger partial charge in [-0.05, 0) is 41.9 Å². The molecule has 10 heteroatoms. The lowest BCUT2D eigenvalue weighted by molar-refractivity contribution is 0.103. The van der Waals surface area contributed by atoms with E-state index in [0.717, 1.165) is 14.2 Å². The lowest BCUT2D eigenvalue weighted by atomic mass is 10.1. The highest BCUT2D eigenvalue weighted by Gasteiger charge is 2.39. The molecule has 3 aromatic rings. The largest absolute Gasteiger partial charge is 0.493 e. The Bertz CT molecular complexity index is 1370. The fourth-order valence-corrected chi connectivity index (χ4v) is 6.16. The maximum absolute atomic E-state index is 13.4. The first-order valence-corrected chi connectivity index (χ1v) is 16.7. The number of rotatable bonds is 9. The molecule has 0 spiro atoms. The fraction of sp³-hybridized carbons (Fsp3) is 0.231. The number of hydrogen-bond donors (Lipinski definition) is 1. The topological polar surface area (TPSA) is 100 Å². The molecule has 0 radical (unpaired) electrons. The summed E-state index contributed by atoms with van der Waals surface area (Å²) in [5.41, 5.74) is 1.65. The maximum Gasteiger partial charge on any atom is 0.332 e. The van der Waals surface area contributed by atoms with Gasteiger partial charge in [-0.3, -0.25) is 9.78 Å². The van der Waals surface area contributed by atoms with E-state index in [2.05, 4.69) is 24.6 Å². The number of carbonyl (C=O) groups excluding carboxylic acids is 1. The predicted molar refractivity (Wildman–Crippen MR) is 142 cm³/mol. The minimum atomic E-state index is -4.07. The highest BCUT2D eigenvalue weighted by molar-refractivity contribution is 7.91. The van der Waals surface area contributed by atoms with Gasteiger partial charge in [-0.1, -0.05) is 56.0 Å². The Hall–Kier alpha value is -3.63. The number of carbonyl (C=O) groups is 1. The van der Waals surface area contributed by atoms with Crippen molar-refractivity contribution in [1.82, 2.24) is 9.29 Å². The third-order valence-electron chi connectivity index (χ3n) is 5.67. The summed E-state index contributed by atoms with van der Waals surface area (Å²) in [6, 6.07) is 19.7. The molecule has 0 unspecified atom stereocenters. The molecule has 0 saturated carbocycles. The molecular formula is C26H29N3O5SSi. The van der Waals surface area contributed by atoms with Crippen molar-refractivity contribution >= 4 is 29.8 Å². The summed E-state index contributed by atoms with van der Waals surface area (Å²) in [7, 11) is -5.64.